The maximum Gasteiger partial charge on any atom is 0.362 e. The molecule has 3 radical (unpaired) electrons. The van der Waals surface area contributed by atoms with E-state index in [1.807, 2.05) is 32.7 Å². The summed E-state index contributed by atoms with van der Waals surface area (Å²) in [5.41, 5.74) is 0. The lowest BCUT2D eigenvalue weighted by molar-refractivity contribution is 0.267. The topological polar surface area (TPSA) is 83.1 Å². The van der Waals surface area contributed by atoms with Gasteiger partial charge in [0.2, 0.25) is 0 Å². The second-order valence-electron chi connectivity index (χ2n) is 13.6. The van der Waals surface area contributed by atoms with Crippen LogP contribution in [0.4, 0.5) is 0 Å². The quantitative estimate of drug-likeness (QED) is 0.145. The summed E-state index contributed by atoms with van der Waals surface area (Å²) in [6.45, 7) is 39.8. The highest BCUT2D eigenvalue weighted by Crippen LogP contribution is 2.27. The Morgan fingerprint density at radius 2 is 0.605 bits per heavy atom. The Bertz CT molecular complexity index is 727. The van der Waals surface area contributed by atoms with Crippen molar-refractivity contribution in [1.82, 2.24) is 0 Å². The lowest BCUT2D eigenvalue weighted by atomic mass is 11.8. The van der Waals surface area contributed by atoms with Gasteiger partial charge in [-0.2, -0.15) is 0 Å². The van der Waals surface area contributed by atoms with Gasteiger partial charge in [-0.15, -0.1) is 0 Å². The maximum atomic E-state index is 6.64. The minimum atomic E-state index is -2.58. The summed E-state index contributed by atoms with van der Waals surface area (Å²) in [5, 5.41) is 0. The van der Waals surface area contributed by atoms with E-state index in [0.29, 0.717) is 0 Å². The number of hydrogen-bond donors (Lipinski definition) is 0. The third-order valence-corrected chi connectivity index (χ3v) is 35.4. The predicted octanol–water partition coefficient (Wildman–Crippen LogP) is 6.67. The maximum absolute atomic E-state index is 6.64. The molecule has 227 valence electrons. The van der Waals surface area contributed by atoms with E-state index in [1.165, 1.54) is 0 Å². The first kappa shape index (κ1) is 39.8. The third kappa shape index (κ3) is 20.6. The van der Waals surface area contributed by atoms with Crippen molar-refractivity contribution in [2.45, 2.75) is 124 Å². The van der Waals surface area contributed by atoms with Crippen LogP contribution in [0.25, 0.3) is 0 Å². The van der Waals surface area contributed by atoms with E-state index < -0.39 is 87.3 Å². The first-order valence-electron chi connectivity index (χ1n) is 13.2. The van der Waals surface area contributed by atoms with Gasteiger partial charge in [0.05, 0.1) is 0 Å². The van der Waals surface area contributed by atoms with Crippen LogP contribution in [0.2, 0.25) is 124 Å². The van der Waals surface area contributed by atoms with Crippen molar-refractivity contribution in [3.63, 3.8) is 0 Å². The summed E-state index contributed by atoms with van der Waals surface area (Å²) in [5.74, 6) is 0. The monoisotopic (exact) mass is 709 g/mol. The van der Waals surface area contributed by atoms with Crippen LogP contribution in [0.5, 0.6) is 0 Å². The highest BCUT2D eigenvalue weighted by atomic mass is 28.5. The molecule has 0 bridgehead atoms. The molecular formula is C19H57O9Si10. The van der Waals surface area contributed by atoms with E-state index in [1.54, 1.807) is 0 Å². The van der Waals surface area contributed by atoms with Gasteiger partial charge >= 0.3 is 70.7 Å². The fourth-order valence-electron chi connectivity index (χ4n) is 4.45. The zero-order valence-corrected chi connectivity index (χ0v) is 37.7. The smallest absolute Gasteiger partial charge is 0.362 e. The van der Waals surface area contributed by atoms with Gasteiger partial charge in [0, 0.05) is 0 Å². The molecule has 0 heterocycles. The van der Waals surface area contributed by atoms with Gasteiger partial charge in [0.25, 0.3) is 0 Å². The van der Waals surface area contributed by atoms with E-state index in [9.17, 15) is 0 Å². The van der Waals surface area contributed by atoms with E-state index >= 15 is 0 Å². The molecule has 0 fully saturated rings. The fourth-order valence-corrected chi connectivity index (χ4v) is 43.1. The molecule has 0 aliphatic heterocycles. The Morgan fingerprint density at radius 1 is 0.316 bits per heavy atom. The predicted molar refractivity (Wildman–Crippen MR) is 179 cm³/mol. The molecule has 0 atom stereocenters. The molecule has 0 saturated carbocycles. The van der Waals surface area contributed by atoms with E-state index in [4.69, 9.17) is 37.0 Å². The van der Waals surface area contributed by atoms with Gasteiger partial charge in [0.1, 0.15) is 0 Å². The number of hydrogen-bond acceptors (Lipinski definition) is 9. The molecule has 0 N–H and O–H groups in total. The van der Waals surface area contributed by atoms with Gasteiger partial charge in [0.15, 0.2) is 16.6 Å². The molecule has 19 heteroatoms. The zero-order chi connectivity index (χ0) is 30.6. The summed E-state index contributed by atoms with van der Waals surface area (Å²) < 4.78 is 57.5. The van der Waals surface area contributed by atoms with Crippen molar-refractivity contribution in [2.75, 3.05) is 0 Å². The summed E-state index contributed by atoms with van der Waals surface area (Å²) in [6.07, 6.45) is 0. The molecule has 0 amide bonds. The number of rotatable bonds is 18. The average Bonchev–Trinajstić information content (AvgIpc) is 2.42. The minimum absolute atomic E-state index is 1.33. The average molecular weight is 711 g/mol. The fraction of sp³-hybridized carbons (Fsp3) is 1.00. The van der Waals surface area contributed by atoms with Crippen LogP contribution in [0.15, 0.2) is 0 Å². The van der Waals surface area contributed by atoms with Crippen molar-refractivity contribution in [1.29, 1.82) is 0 Å². The molecule has 38 heavy (non-hydrogen) atoms. The minimum Gasteiger partial charge on any atom is -0.437 e. The Balaban J connectivity index is 5.06. The molecule has 9 nitrogen and oxygen atoms in total. The van der Waals surface area contributed by atoms with Gasteiger partial charge in [-0.25, -0.2) is 0 Å². The van der Waals surface area contributed by atoms with Crippen LogP contribution in [0.1, 0.15) is 0 Å². The lowest BCUT2D eigenvalue weighted by Gasteiger charge is -2.43. The van der Waals surface area contributed by atoms with Crippen molar-refractivity contribution in [3.8, 4) is 0 Å². The first-order chi connectivity index (χ1) is 16.4. The molecule has 0 saturated heterocycles. The lowest BCUT2D eigenvalue weighted by Crippen LogP contribution is -2.60. The van der Waals surface area contributed by atoms with Crippen LogP contribution in [0, 0.1) is 0 Å². The highest BCUT2D eigenvalue weighted by molar-refractivity contribution is 6.91. The van der Waals surface area contributed by atoms with Crippen LogP contribution in [-0.4, -0.2) is 87.3 Å². The largest absolute Gasteiger partial charge is 0.437 e. The Kier molecular flexibility index (Phi) is 15.2. The molecule has 0 spiro atoms. The van der Waals surface area contributed by atoms with E-state index in [-0.39, 0.29) is 0 Å². The Hall–Kier alpha value is 1.81. The molecular weight excluding hydrogens is 653 g/mol. The van der Waals surface area contributed by atoms with Crippen molar-refractivity contribution >= 4 is 87.3 Å². The van der Waals surface area contributed by atoms with Gasteiger partial charge in [-0.1, -0.05) is 0 Å². The van der Waals surface area contributed by atoms with Crippen molar-refractivity contribution in [3.05, 3.63) is 0 Å². The summed E-state index contributed by atoms with van der Waals surface area (Å²) in [6, 6.07) is 0. The standard InChI is InChI=1S/C19H57O9Si10/c1-29(20-30(2)22-32(4,5)6)21-31(3)23-34(10,11)25-36(14,15)27-38(18,19)28-37(16,17)26-35(12,13)24-33(7,8)9/h1-19H3. The van der Waals surface area contributed by atoms with Crippen LogP contribution < -0.4 is 0 Å². The molecule has 0 rings (SSSR count). The van der Waals surface area contributed by atoms with Gasteiger partial charge in [-0.3, -0.25) is 0 Å². The third-order valence-electron chi connectivity index (χ3n) is 3.93. The van der Waals surface area contributed by atoms with Crippen LogP contribution in [-0.2, 0) is 37.0 Å². The second kappa shape index (κ2) is 14.5. The van der Waals surface area contributed by atoms with Crippen LogP contribution in [0.3, 0.4) is 0 Å². The van der Waals surface area contributed by atoms with Crippen molar-refractivity contribution in [2.24, 2.45) is 0 Å². The molecule has 0 aliphatic carbocycles. The molecule has 0 aliphatic rings. The van der Waals surface area contributed by atoms with E-state index in [0.717, 1.165) is 0 Å². The molecule has 0 aromatic heterocycles. The van der Waals surface area contributed by atoms with Gasteiger partial charge in [-0.05, 0) is 124 Å². The summed E-state index contributed by atoms with van der Waals surface area (Å²) >= 11 is 0. The summed E-state index contributed by atoms with van der Waals surface area (Å²) in [4.78, 5) is 0. The Morgan fingerprint density at radius 3 is 0.921 bits per heavy atom. The second-order valence-corrected chi connectivity index (χ2v) is 46.4. The van der Waals surface area contributed by atoms with Gasteiger partial charge < -0.3 is 37.0 Å². The molecule has 0 aromatic carbocycles. The first-order valence-corrected chi connectivity index (χ1v) is 39.5. The van der Waals surface area contributed by atoms with Crippen molar-refractivity contribution < 1.29 is 37.0 Å². The Labute approximate surface area is 247 Å². The van der Waals surface area contributed by atoms with Crippen LogP contribution >= 0.6 is 0 Å². The SMILES string of the molecule is C[Si](O[Si](C)O[Si](C)(C)C)O[Si](C)O[Si](C)(C)O[Si](C)(C)O[Si](C)(C)O[Si](C)(C)O[Si](C)(C)O[Si](C)(C)C. The molecule has 0 aromatic rings. The van der Waals surface area contributed by atoms with E-state index in [2.05, 4.69) is 91.7 Å². The summed E-state index contributed by atoms with van der Waals surface area (Å²) in [7, 11) is -20.2. The zero-order valence-electron chi connectivity index (χ0n) is 27.7. The molecule has 0 unspecified atom stereocenters. The normalized spacial score (nSPS) is 15.3. The highest BCUT2D eigenvalue weighted by Gasteiger charge is 2.47.